The summed E-state index contributed by atoms with van der Waals surface area (Å²) in [6.45, 7) is 2.55. The van der Waals surface area contributed by atoms with Crippen LogP contribution < -0.4 is 0 Å². The topological polar surface area (TPSA) is 77.4 Å². The fourth-order valence-electron chi connectivity index (χ4n) is 2.89. The highest BCUT2D eigenvalue weighted by molar-refractivity contribution is 4.92. The Bertz CT molecular complexity index is 296. The number of aliphatic hydroxyl groups is 2. The molecule has 2 saturated heterocycles. The molecule has 2 fully saturated rings. The van der Waals surface area contributed by atoms with Gasteiger partial charge in [0.2, 0.25) is 0 Å². The van der Waals surface area contributed by atoms with E-state index in [0.717, 1.165) is 12.8 Å². The summed E-state index contributed by atoms with van der Waals surface area (Å²) in [4.78, 5) is 0. The molecule has 0 saturated carbocycles. The summed E-state index contributed by atoms with van der Waals surface area (Å²) in [5, 5.41) is 20.1. The van der Waals surface area contributed by atoms with Crippen molar-refractivity contribution in [2.45, 2.75) is 82.4 Å². The molecule has 2 aliphatic rings. The van der Waals surface area contributed by atoms with Gasteiger partial charge < -0.3 is 29.2 Å². The normalized spacial score (nSPS) is 40.0. The maximum Gasteiger partial charge on any atom is 0.186 e. The summed E-state index contributed by atoms with van der Waals surface area (Å²) < 4.78 is 21.9. The smallest absolute Gasteiger partial charge is 0.186 e. The molecule has 0 radical (unpaired) electrons. The van der Waals surface area contributed by atoms with E-state index in [-0.39, 0.29) is 6.29 Å². The number of unbranched alkanes of at least 4 members (excludes halogenated alkanes) is 4. The highest BCUT2D eigenvalue weighted by Crippen LogP contribution is 2.29. The van der Waals surface area contributed by atoms with E-state index in [4.69, 9.17) is 18.9 Å². The molecule has 6 nitrogen and oxygen atoms in total. The summed E-state index contributed by atoms with van der Waals surface area (Å²) >= 11 is 0. The summed E-state index contributed by atoms with van der Waals surface area (Å²) in [6, 6.07) is 0. The monoisotopic (exact) mass is 304 g/mol. The van der Waals surface area contributed by atoms with Crippen LogP contribution >= 0.6 is 0 Å². The number of fused-ring (bicyclic) bond motifs is 1. The lowest BCUT2D eigenvalue weighted by molar-refractivity contribution is -0.356. The lowest BCUT2D eigenvalue weighted by Crippen LogP contribution is -2.63. The minimum atomic E-state index is -1.10. The van der Waals surface area contributed by atoms with Crippen LogP contribution in [-0.2, 0) is 18.9 Å². The van der Waals surface area contributed by atoms with Crippen LogP contribution in [0.5, 0.6) is 0 Å². The molecular weight excluding hydrogens is 276 g/mol. The molecule has 0 amide bonds. The Hall–Kier alpha value is -0.240. The molecule has 2 N–H and O–H groups in total. The SMILES string of the molecule is CCCCCCC[C@@H]1OC[C@H]2O[C@H](OC)[C@H](O)[C@@H](O)[C@@H]2O1. The van der Waals surface area contributed by atoms with E-state index in [0.29, 0.717) is 6.61 Å². The predicted octanol–water partition coefficient (Wildman–Crippen LogP) is 1.18. The Morgan fingerprint density at radius 2 is 1.81 bits per heavy atom. The number of ether oxygens (including phenoxy) is 4. The van der Waals surface area contributed by atoms with Crippen LogP contribution in [0.1, 0.15) is 45.4 Å². The van der Waals surface area contributed by atoms with Crippen molar-refractivity contribution in [1.29, 1.82) is 0 Å². The van der Waals surface area contributed by atoms with Gasteiger partial charge in [-0.15, -0.1) is 0 Å². The summed E-state index contributed by atoms with van der Waals surface area (Å²) in [5.41, 5.74) is 0. The molecule has 21 heavy (non-hydrogen) atoms. The maximum absolute atomic E-state index is 10.1. The molecule has 0 aromatic rings. The van der Waals surface area contributed by atoms with Crippen LogP contribution in [0.4, 0.5) is 0 Å². The Morgan fingerprint density at radius 3 is 2.52 bits per heavy atom. The first-order valence-corrected chi connectivity index (χ1v) is 7.98. The van der Waals surface area contributed by atoms with E-state index < -0.39 is 30.7 Å². The minimum absolute atomic E-state index is 0.322. The zero-order chi connectivity index (χ0) is 15.2. The molecular formula is C15H28O6. The molecule has 0 unspecified atom stereocenters. The summed E-state index contributed by atoms with van der Waals surface area (Å²) in [7, 11) is 1.44. The number of rotatable bonds is 7. The molecule has 6 atom stereocenters. The van der Waals surface area contributed by atoms with Crippen LogP contribution in [0.3, 0.4) is 0 Å². The third-order valence-corrected chi connectivity index (χ3v) is 4.17. The lowest BCUT2D eigenvalue weighted by atomic mass is 9.98. The largest absolute Gasteiger partial charge is 0.387 e. The molecule has 2 rings (SSSR count). The van der Waals surface area contributed by atoms with Crippen molar-refractivity contribution in [1.82, 2.24) is 0 Å². The predicted molar refractivity (Wildman–Crippen MR) is 75.7 cm³/mol. The second-order valence-corrected chi connectivity index (χ2v) is 5.83. The third kappa shape index (κ3) is 4.37. The van der Waals surface area contributed by atoms with E-state index in [1.165, 1.54) is 32.8 Å². The van der Waals surface area contributed by atoms with E-state index in [1.54, 1.807) is 0 Å². The zero-order valence-electron chi connectivity index (χ0n) is 12.9. The van der Waals surface area contributed by atoms with Crippen molar-refractivity contribution >= 4 is 0 Å². The Balaban J connectivity index is 1.77. The van der Waals surface area contributed by atoms with Crippen molar-refractivity contribution in [2.24, 2.45) is 0 Å². The average molecular weight is 304 g/mol. The maximum atomic E-state index is 10.1. The number of hydrogen-bond acceptors (Lipinski definition) is 6. The van der Waals surface area contributed by atoms with Crippen molar-refractivity contribution in [3.63, 3.8) is 0 Å². The molecule has 124 valence electrons. The number of aliphatic hydroxyl groups excluding tert-OH is 2. The van der Waals surface area contributed by atoms with E-state index in [9.17, 15) is 10.2 Å². The Kier molecular flexibility index (Phi) is 6.85. The van der Waals surface area contributed by atoms with Gasteiger partial charge in [0.15, 0.2) is 12.6 Å². The zero-order valence-corrected chi connectivity index (χ0v) is 12.9. The van der Waals surface area contributed by atoms with Gasteiger partial charge >= 0.3 is 0 Å². The van der Waals surface area contributed by atoms with Crippen LogP contribution in [0, 0.1) is 0 Å². The van der Waals surface area contributed by atoms with Gasteiger partial charge in [0.05, 0.1) is 6.61 Å². The number of methoxy groups -OCH3 is 1. The standard InChI is InChI=1S/C15H28O6/c1-3-4-5-6-7-8-11-19-9-10-14(21-11)12(16)13(17)15(18-2)20-10/h10-17H,3-9H2,1-2H3/t10-,11-,12-,13-,14-,15+/m1/s1. The minimum Gasteiger partial charge on any atom is -0.387 e. The van der Waals surface area contributed by atoms with Crippen LogP contribution in [0.15, 0.2) is 0 Å². The van der Waals surface area contributed by atoms with Gasteiger partial charge in [-0.2, -0.15) is 0 Å². The van der Waals surface area contributed by atoms with E-state index >= 15 is 0 Å². The first-order chi connectivity index (χ1) is 10.2. The van der Waals surface area contributed by atoms with Gasteiger partial charge in [-0.3, -0.25) is 0 Å². The van der Waals surface area contributed by atoms with Crippen molar-refractivity contribution in [3.8, 4) is 0 Å². The van der Waals surface area contributed by atoms with Gasteiger partial charge in [0.25, 0.3) is 0 Å². The van der Waals surface area contributed by atoms with Crippen molar-refractivity contribution in [2.75, 3.05) is 13.7 Å². The molecule has 0 bridgehead atoms. The highest BCUT2D eigenvalue weighted by atomic mass is 16.7. The van der Waals surface area contributed by atoms with Gasteiger partial charge in [-0.25, -0.2) is 0 Å². The van der Waals surface area contributed by atoms with E-state index in [1.807, 2.05) is 0 Å². The molecule has 0 aromatic carbocycles. The van der Waals surface area contributed by atoms with Crippen molar-refractivity contribution < 1.29 is 29.2 Å². The summed E-state index contributed by atoms with van der Waals surface area (Å²) in [6.07, 6.45) is 2.51. The van der Waals surface area contributed by atoms with Gasteiger partial charge in [-0.05, 0) is 12.8 Å². The van der Waals surface area contributed by atoms with Crippen LogP contribution in [0.2, 0.25) is 0 Å². The second-order valence-electron chi connectivity index (χ2n) is 5.83. The Labute approximate surface area is 126 Å². The molecule has 2 aliphatic heterocycles. The molecule has 0 aromatic heterocycles. The molecule has 0 aliphatic carbocycles. The third-order valence-electron chi connectivity index (χ3n) is 4.17. The molecule has 0 spiro atoms. The molecule has 6 heteroatoms. The van der Waals surface area contributed by atoms with Gasteiger partial charge in [-0.1, -0.05) is 32.6 Å². The number of hydrogen-bond donors (Lipinski definition) is 2. The average Bonchev–Trinajstić information content (AvgIpc) is 2.51. The van der Waals surface area contributed by atoms with Crippen molar-refractivity contribution in [3.05, 3.63) is 0 Å². The van der Waals surface area contributed by atoms with Crippen LogP contribution in [-0.4, -0.2) is 60.9 Å². The van der Waals surface area contributed by atoms with Crippen LogP contribution in [0.25, 0.3) is 0 Å². The first-order valence-electron chi connectivity index (χ1n) is 7.98. The summed E-state index contributed by atoms with van der Waals surface area (Å²) in [5.74, 6) is 0. The fraction of sp³-hybridized carbons (Fsp3) is 1.00. The van der Waals surface area contributed by atoms with Gasteiger partial charge in [0, 0.05) is 7.11 Å². The second kappa shape index (κ2) is 8.41. The van der Waals surface area contributed by atoms with Gasteiger partial charge in [0.1, 0.15) is 24.4 Å². The Morgan fingerprint density at radius 1 is 1.05 bits per heavy atom. The first kappa shape index (κ1) is 17.1. The lowest BCUT2D eigenvalue weighted by Gasteiger charge is -2.45. The van der Waals surface area contributed by atoms with E-state index in [2.05, 4.69) is 6.92 Å². The quantitative estimate of drug-likeness (QED) is 0.688. The highest BCUT2D eigenvalue weighted by Gasteiger charge is 2.48. The fourth-order valence-corrected chi connectivity index (χ4v) is 2.89. The molecule has 2 heterocycles.